The molecule has 0 aliphatic carbocycles. The van der Waals surface area contributed by atoms with E-state index in [-0.39, 0.29) is 5.91 Å². The lowest BCUT2D eigenvalue weighted by atomic mass is 10.0. The zero-order valence-electron chi connectivity index (χ0n) is 13.7. The average molecular weight is 290 g/mol. The highest BCUT2D eigenvalue weighted by molar-refractivity contribution is 5.93. The zero-order valence-corrected chi connectivity index (χ0v) is 13.7. The zero-order chi connectivity index (χ0) is 15.5. The number of rotatable bonds is 10. The minimum absolute atomic E-state index is 0.0316. The van der Waals surface area contributed by atoms with Crippen LogP contribution in [0.2, 0.25) is 0 Å². The van der Waals surface area contributed by atoms with Gasteiger partial charge in [-0.25, -0.2) is 0 Å². The molecule has 0 saturated heterocycles. The highest BCUT2D eigenvalue weighted by Crippen LogP contribution is 2.09. The number of carbonyl (C=O) groups is 1. The van der Waals surface area contributed by atoms with Gasteiger partial charge in [-0.05, 0) is 36.6 Å². The summed E-state index contributed by atoms with van der Waals surface area (Å²) in [5, 5.41) is 6.09. The molecule has 0 aliphatic rings. The molecule has 0 unspecified atom stereocenters. The first-order chi connectivity index (χ1) is 10.1. The molecule has 2 N–H and O–H groups in total. The van der Waals surface area contributed by atoms with E-state index in [1.54, 1.807) is 7.05 Å². The molecule has 0 radical (unpaired) electrons. The lowest BCUT2D eigenvalue weighted by Gasteiger charge is -2.07. The fourth-order valence-electron chi connectivity index (χ4n) is 2.31. The van der Waals surface area contributed by atoms with Crippen LogP contribution in [0.1, 0.15) is 61.9 Å². The maximum Gasteiger partial charge on any atom is 0.251 e. The first-order valence-corrected chi connectivity index (χ1v) is 8.15. The molecule has 0 aromatic heterocycles. The molecule has 118 valence electrons. The SMILES string of the molecule is CNC(=O)c1ccc(CNCCCCCCC(C)C)cc1. The van der Waals surface area contributed by atoms with E-state index >= 15 is 0 Å². The Bertz CT molecular complexity index is 398. The van der Waals surface area contributed by atoms with Gasteiger partial charge >= 0.3 is 0 Å². The smallest absolute Gasteiger partial charge is 0.251 e. The second-order valence-electron chi connectivity index (χ2n) is 6.05. The van der Waals surface area contributed by atoms with Crippen LogP contribution < -0.4 is 10.6 Å². The van der Waals surface area contributed by atoms with Crippen molar-refractivity contribution in [1.29, 1.82) is 0 Å². The molecule has 1 rings (SSSR count). The standard InChI is InChI=1S/C18H30N2O/c1-15(2)8-6-4-5-7-13-20-14-16-9-11-17(12-10-16)18(21)19-3/h9-12,15,20H,4-8,13-14H2,1-3H3,(H,19,21). The molecule has 0 aliphatic heterocycles. The van der Waals surface area contributed by atoms with E-state index in [1.807, 2.05) is 24.3 Å². The highest BCUT2D eigenvalue weighted by Gasteiger charge is 2.01. The van der Waals surface area contributed by atoms with Gasteiger partial charge in [0.1, 0.15) is 0 Å². The number of amides is 1. The Balaban J connectivity index is 2.09. The van der Waals surface area contributed by atoms with Gasteiger partial charge in [-0.2, -0.15) is 0 Å². The van der Waals surface area contributed by atoms with Crippen molar-refractivity contribution in [1.82, 2.24) is 10.6 Å². The van der Waals surface area contributed by atoms with E-state index in [0.717, 1.165) is 19.0 Å². The third kappa shape index (κ3) is 7.86. The van der Waals surface area contributed by atoms with Crippen LogP contribution in [0.3, 0.4) is 0 Å². The molecular formula is C18H30N2O. The molecule has 3 heteroatoms. The molecule has 0 saturated carbocycles. The summed E-state index contributed by atoms with van der Waals surface area (Å²) in [5.74, 6) is 0.803. The molecular weight excluding hydrogens is 260 g/mol. The van der Waals surface area contributed by atoms with Crippen molar-refractivity contribution >= 4 is 5.91 Å². The van der Waals surface area contributed by atoms with Crippen molar-refractivity contribution in [2.24, 2.45) is 5.92 Å². The van der Waals surface area contributed by atoms with Crippen molar-refractivity contribution in [3.63, 3.8) is 0 Å². The summed E-state index contributed by atoms with van der Waals surface area (Å²) in [4.78, 5) is 11.4. The number of nitrogens with one attached hydrogen (secondary N) is 2. The molecule has 1 amide bonds. The number of benzene rings is 1. The Morgan fingerprint density at radius 3 is 2.33 bits per heavy atom. The Morgan fingerprint density at radius 2 is 1.71 bits per heavy atom. The highest BCUT2D eigenvalue weighted by atomic mass is 16.1. The Labute approximate surface area is 129 Å². The molecule has 1 aromatic rings. The number of carbonyl (C=O) groups excluding carboxylic acids is 1. The van der Waals surface area contributed by atoms with Crippen molar-refractivity contribution in [3.05, 3.63) is 35.4 Å². The van der Waals surface area contributed by atoms with Crippen LogP contribution in [0.25, 0.3) is 0 Å². The second kappa shape index (κ2) is 10.4. The minimum Gasteiger partial charge on any atom is -0.355 e. The van der Waals surface area contributed by atoms with E-state index in [4.69, 9.17) is 0 Å². The lowest BCUT2D eigenvalue weighted by Crippen LogP contribution is -2.18. The summed E-state index contributed by atoms with van der Waals surface area (Å²) in [6, 6.07) is 7.78. The summed E-state index contributed by atoms with van der Waals surface area (Å²) >= 11 is 0. The van der Waals surface area contributed by atoms with Crippen LogP contribution >= 0.6 is 0 Å². The van der Waals surface area contributed by atoms with Gasteiger partial charge < -0.3 is 10.6 Å². The van der Waals surface area contributed by atoms with Gasteiger partial charge in [-0.15, -0.1) is 0 Å². The molecule has 0 fully saturated rings. The molecule has 0 heterocycles. The van der Waals surface area contributed by atoms with E-state index < -0.39 is 0 Å². The fraction of sp³-hybridized carbons (Fsp3) is 0.611. The Kier molecular flexibility index (Phi) is 8.76. The summed E-state index contributed by atoms with van der Waals surface area (Å²) in [5.41, 5.74) is 1.94. The van der Waals surface area contributed by atoms with E-state index in [2.05, 4.69) is 24.5 Å². The summed E-state index contributed by atoms with van der Waals surface area (Å²) < 4.78 is 0. The van der Waals surface area contributed by atoms with Crippen LogP contribution in [-0.2, 0) is 6.54 Å². The van der Waals surface area contributed by atoms with Crippen molar-refractivity contribution in [2.75, 3.05) is 13.6 Å². The summed E-state index contributed by atoms with van der Waals surface area (Å²) in [6.07, 6.45) is 6.62. The van der Waals surface area contributed by atoms with Crippen LogP contribution in [0.15, 0.2) is 24.3 Å². The fourth-order valence-corrected chi connectivity index (χ4v) is 2.31. The number of hydrogen-bond donors (Lipinski definition) is 2. The Morgan fingerprint density at radius 1 is 1.05 bits per heavy atom. The monoisotopic (exact) mass is 290 g/mol. The third-order valence-corrected chi connectivity index (χ3v) is 3.66. The number of unbranched alkanes of at least 4 members (excludes halogenated alkanes) is 3. The molecule has 0 atom stereocenters. The molecule has 0 spiro atoms. The molecule has 1 aromatic carbocycles. The van der Waals surface area contributed by atoms with Gasteiger partial charge in [0.2, 0.25) is 0 Å². The predicted octanol–water partition coefficient (Wildman–Crippen LogP) is 3.74. The minimum atomic E-state index is -0.0316. The Hall–Kier alpha value is -1.35. The van der Waals surface area contributed by atoms with Gasteiger partial charge in [-0.1, -0.05) is 51.7 Å². The van der Waals surface area contributed by atoms with E-state index in [1.165, 1.54) is 37.7 Å². The first kappa shape index (κ1) is 17.7. The predicted molar refractivity (Wildman–Crippen MR) is 89.5 cm³/mol. The van der Waals surface area contributed by atoms with Crippen LogP contribution in [-0.4, -0.2) is 19.5 Å². The van der Waals surface area contributed by atoms with E-state index in [9.17, 15) is 4.79 Å². The van der Waals surface area contributed by atoms with Crippen molar-refractivity contribution < 1.29 is 4.79 Å². The average Bonchev–Trinajstić information content (AvgIpc) is 2.49. The van der Waals surface area contributed by atoms with Gasteiger partial charge in [-0.3, -0.25) is 4.79 Å². The van der Waals surface area contributed by atoms with Crippen LogP contribution in [0.4, 0.5) is 0 Å². The second-order valence-corrected chi connectivity index (χ2v) is 6.05. The quantitative estimate of drug-likeness (QED) is 0.644. The topological polar surface area (TPSA) is 41.1 Å². The van der Waals surface area contributed by atoms with E-state index in [0.29, 0.717) is 5.56 Å². The van der Waals surface area contributed by atoms with Crippen LogP contribution in [0.5, 0.6) is 0 Å². The summed E-state index contributed by atoms with van der Waals surface area (Å²) in [6.45, 7) is 6.52. The first-order valence-electron chi connectivity index (χ1n) is 8.15. The third-order valence-electron chi connectivity index (χ3n) is 3.66. The normalized spacial score (nSPS) is 10.9. The lowest BCUT2D eigenvalue weighted by molar-refractivity contribution is 0.0963. The van der Waals surface area contributed by atoms with Crippen LogP contribution in [0, 0.1) is 5.92 Å². The van der Waals surface area contributed by atoms with Gasteiger partial charge in [0.15, 0.2) is 0 Å². The van der Waals surface area contributed by atoms with Gasteiger partial charge in [0.05, 0.1) is 0 Å². The van der Waals surface area contributed by atoms with Gasteiger partial charge in [0, 0.05) is 19.2 Å². The van der Waals surface area contributed by atoms with Crippen molar-refractivity contribution in [2.45, 2.75) is 52.5 Å². The number of hydrogen-bond acceptors (Lipinski definition) is 2. The maximum atomic E-state index is 11.4. The molecule has 3 nitrogen and oxygen atoms in total. The summed E-state index contributed by atoms with van der Waals surface area (Å²) in [7, 11) is 1.65. The molecule has 21 heavy (non-hydrogen) atoms. The maximum absolute atomic E-state index is 11.4. The largest absolute Gasteiger partial charge is 0.355 e. The van der Waals surface area contributed by atoms with Crippen molar-refractivity contribution in [3.8, 4) is 0 Å². The van der Waals surface area contributed by atoms with Gasteiger partial charge in [0.25, 0.3) is 5.91 Å². The molecule has 0 bridgehead atoms.